The van der Waals surface area contributed by atoms with Crippen LogP contribution >= 0.6 is 15.9 Å². The number of halogens is 1. The number of rotatable bonds is 4. The first-order valence-electron chi connectivity index (χ1n) is 5.06. The molecule has 1 heterocycles. The van der Waals surface area contributed by atoms with Crippen molar-refractivity contribution < 1.29 is 5.11 Å². The summed E-state index contributed by atoms with van der Waals surface area (Å²) in [5.41, 5.74) is 0.962. The molecule has 0 saturated carbocycles. The molecular formula is C11H17BrN2O. The molecule has 0 aliphatic rings. The minimum Gasteiger partial charge on any atom is -0.393 e. The van der Waals surface area contributed by atoms with Crippen LogP contribution in [0, 0.1) is 6.92 Å². The maximum Gasteiger partial charge on any atom is 0.126 e. The summed E-state index contributed by atoms with van der Waals surface area (Å²) in [6.07, 6.45) is 0.431. The smallest absolute Gasteiger partial charge is 0.126 e. The highest BCUT2D eigenvalue weighted by molar-refractivity contribution is 9.10. The number of hydrogen-bond acceptors (Lipinski definition) is 3. The van der Waals surface area contributed by atoms with Crippen LogP contribution in [-0.2, 0) is 0 Å². The normalized spacial score (nSPS) is 14.7. The second-order valence-electron chi connectivity index (χ2n) is 3.89. The van der Waals surface area contributed by atoms with E-state index in [9.17, 15) is 5.11 Å². The molecule has 1 aromatic heterocycles. The van der Waals surface area contributed by atoms with Crippen LogP contribution in [0.1, 0.15) is 26.0 Å². The van der Waals surface area contributed by atoms with Crippen molar-refractivity contribution in [1.82, 2.24) is 4.98 Å². The van der Waals surface area contributed by atoms with Gasteiger partial charge in [-0.2, -0.15) is 0 Å². The van der Waals surface area contributed by atoms with E-state index in [0.717, 1.165) is 22.4 Å². The minimum absolute atomic E-state index is 0.220. The molecule has 2 unspecified atom stereocenters. The Balaban J connectivity index is 2.60. The maximum absolute atomic E-state index is 9.23. The van der Waals surface area contributed by atoms with Gasteiger partial charge in [0.05, 0.1) is 11.8 Å². The first kappa shape index (κ1) is 12.5. The lowest BCUT2D eigenvalue weighted by molar-refractivity contribution is 0.179. The zero-order chi connectivity index (χ0) is 11.4. The molecule has 0 amide bonds. The summed E-state index contributed by atoms with van der Waals surface area (Å²) < 4.78 is 1.01. The Bertz CT molecular complexity index is 328. The molecule has 84 valence electrons. The second-order valence-corrected chi connectivity index (χ2v) is 4.75. The fourth-order valence-electron chi connectivity index (χ4n) is 1.45. The van der Waals surface area contributed by atoms with Crippen molar-refractivity contribution in [3.8, 4) is 0 Å². The van der Waals surface area contributed by atoms with Gasteiger partial charge in [0.15, 0.2) is 0 Å². The van der Waals surface area contributed by atoms with E-state index in [4.69, 9.17) is 0 Å². The van der Waals surface area contributed by atoms with E-state index in [1.165, 1.54) is 0 Å². The monoisotopic (exact) mass is 272 g/mol. The average Bonchev–Trinajstić information content (AvgIpc) is 2.10. The Labute approximate surface area is 99.1 Å². The number of pyridine rings is 1. The van der Waals surface area contributed by atoms with E-state index >= 15 is 0 Å². The summed E-state index contributed by atoms with van der Waals surface area (Å²) in [6.45, 7) is 5.78. The highest BCUT2D eigenvalue weighted by Gasteiger charge is 2.07. The molecule has 0 spiro atoms. The van der Waals surface area contributed by atoms with Crippen LogP contribution in [0.2, 0.25) is 0 Å². The van der Waals surface area contributed by atoms with E-state index in [2.05, 4.69) is 26.2 Å². The Morgan fingerprint density at radius 2 is 2.13 bits per heavy atom. The van der Waals surface area contributed by atoms with Gasteiger partial charge in [-0.15, -0.1) is 0 Å². The highest BCUT2D eigenvalue weighted by atomic mass is 79.9. The molecular weight excluding hydrogens is 256 g/mol. The number of aliphatic hydroxyl groups is 1. The Kier molecular flexibility index (Phi) is 4.54. The second kappa shape index (κ2) is 5.47. The van der Waals surface area contributed by atoms with Crippen molar-refractivity contribution in [2.75, 3.05) is 5.32 Å². The highest BCUT2D eigenvalue weighted by Crippen LogP contribution is 2.17. The number of nitrogens with zero attached hydrogens (tertiary/aromatic N) is 1. The molecule has 0 bridgehead atoms. The molecule has 0 aliphatic carbocycles. The molecule has 0 aliphatic heterocycles. The SMILES string of the molecule is Cc1nc(NC(C)CC(C)O)ccc1Br. The third kappa shape index (κ3) is 4.18. The molecule has 0 radical (unpaired) electrons. The lowest BCUT2D eigenvalue weighted by atomic mass is 10.1. The Morgan fingerprint density at radius 3 is 2.67 bits per heavy atom. The van der Waals surface area contributed by atoms with Crippen molar-refractivity contribution >= 4 is 21.7 Å². The summed E-state index contributed by atoms with van der Waals surface area (Å²) in [4.78, 5) is 4.38. The van der Waals surface area contributed by atoms with Gasteiger partial charge in [0.2, 0.25) is 0 Å². The lowest BCUT2D eigenvalue weighted by Gasteiger charge is -2.16. The van der Waals surface area contributed by atoms with Crippen LogP contribution in [0.4, 0.5) is 5.82 Å². The largest absolute Gasteiger partial charge is 0.393 e. The quantitative estimate of drug-likeness (QED) is 0.886. The van der Waals surface area contributed by atoms with E-state index in [0.29, 0.717) is 0 Å². The van der Waals surface area contributed by atoms with Gasteiger partial charge in [0.25, 0.3) is 0 Å². The standard InChI is InChI=1S/C11H17BrN2O/c1-7(6-8(2)15)13-11-5-4-10(12)9(3)14-11/h4-5,7-8,15H,6H2,1-3H3,(H,13,14). The van der Waals surface area contributed by atoms with Crippen molar-refractivity contribution in [3.63, 3.8) is 0 Å². The zero-order valence-electron chi connectivity index (χ0n) is 9.29. The number of aryl methyl sites for hydroxylation is 1. The summed E-state index contributed by atoms with van der Waals surface area (Å²) >= 11 is 3.41. The Morgan fingerprint density at radius 1 is 1.47 bits per heavy atom. The third-order valence-electron chi connectivity index (χ3n) is 2.11. The Hall–Kier alpha value is -0.610. The van der Waals surface area contributed by atoms with Gasteiger partial charge in [-0.3, -0.25) is 0 Å². The van der Waals surface area contributed by atoms with Crippen LogP contribution in [0.25, 0.3) is 0 Å². The van der Waals surface area contributed by atoms with Crippen LogP contribution < -0.4 is 5.32 Å². The summed E-state index contributed by atoms with van der Waals surface area (Å²) in [5.74, 6) is 0.851. The number of anilines is 1. The number of nitrogens with one attached hydrogen (secondary N) is 1. The van der Waals surface area contributed by atoms with Crippen molar-refractivity contribution in [2.24, 2.45) is 0 Å². The van der Waals surface area contributed by atoms with Gasteiger partial charge in [-0.25, -0.2) is 4.98 Å². The topological polar surface area (TPSA) is 45.2 Å². The maximum atomic E-state index is 9.23. The summed E-state index contributed by atoms with van der Waals surface area (Å²) in [7, 11) is 0. The fraction of sp³-hybridized carbons (Fsp3) is 0.545. The molecule has 0 fully saturated rings. The predicted octanol–water partition coefficient (Wildman–Crippen LogP) is 2.72. The molecule has 0 aromatic carbocycles. The predicted molar refractivity (Wildman–Crippen MR) is 66.1 cm³/mol. The van der Waals surface area contributed by atoms with Crippen LogP contribution in [-0.4, -0.2) is 22.2 Å². The molecule has 1 aromatic rings. The first-order chi connectivity index (χ1) is 6.99. The minimum atomic E-state index is -0.288. The molecule has 3 nitrogen and oxygen atoms in total. The van der Waals surface area contributed by atoms with Crippen LogP contribution in [0.15, 0.2) is 16.6 Å². The van der Waals surface area contributed by atoms with Crippen molar-refractivity contribution in [1.29, 1.82) is 0 Å². The molecule has 4 heteroatoms. The van der Waals surface area contributed by atoms with Crippen LogP contribution in [0.5, 0.6) is 0 Å². The van der Waals surface area contributed by atoms with Gasteiger partial charge in [0.1, 0.15) is 5.82 Å². The van der Waals surface area contributed by atoms with Gasteiger partial charge in [0, 0.05) is 10.5 Å². The zero-order valence-corrected chi connectivity index (χ0v) is 10.9. The molecule has 2 atom stereocenters. The van der Waals surface area contributed by atoms with E-state index in [1.807, 2.05) is 26.0 Å². The molecule has 0 saturated heterocycles. The number of aliphatic hydroxyl groups excluding tert-OH is 1. The molecule has 2 N–H and O–H groups in total. The van der Waals surface area contributed by atoms with Gasteiger partial charge in [-0.05, 0) is 55.3 Å². The van der Waals surface area contributed by atoms with Crippen LogP contribution in [0.3, 0.4) is 0 Å². The van der Waals surface area contributed by atoms with E-state index in [-0.39, 0.29) is 12.1 Å². The first-order valence-corrected chi connectivity index (χ1v) is 5.86. The van der Waals surface area contributed by atoms with E-state index < -0.39 is 0 Å². The van der Waals surface area contributed by atoms with Crippen molar-refractivity contribution in [2.45, 2.75) is 39.3 Å². The van der Waals surface area contributed by atoms with Crippen molar-refractivity contribution in [3.05, 3.63) is 22.3 Å². The van der Waals surface area contributed by atoms with E-state index in [1.54, 1.807) is 6.92 Å². The fourth-order valence-corrected chi connectivity index (χ4v) is 1.67. The molecule has 1 rings (SSSR count). The number of hydrogen-bond donors (Lipinski definition) is 2. The molecule has 15 heavy (non-hydrogen) atoms. The van der Waals surface area contributed by atoms with Gasteiger partial charge in [-0.1, -0.05) is 0 Å². The van der Waals surface area contributed by atoms with Gasteiger partial charge >= 0.3 is 0 Å². The lowest BCUT2D eigenvalue weighted by Crippen LogP contribution is -2.21. The summed E-state index contributed by atoms with van der Waals surface area (Å²) in [6, 6.07) is 4.12. The van der Waals surface area contributed by atoms with Gasteiger partial charge < -0.3 is 10.4 Å². The third-order valence-corrected chi connectivity index (χ3v) is 2.95. The number of aromatic nitrogens is 1. The average molecular weight is 273 g/mol. The summed E-state index contributed by atoms with van der Waals surface area (Å²) in [5, 5.41) is 12.5.